The molecule has 1 amide bonds. The van der Waals surface area contributed by atoms with Gasteiger partial charge in [-0.1, -0.05) is 12.1 Å². The van der Waals surface area contributed by atoms with Gasteiger partial charge in [-0.25, -0.2) is 4.39 Å². The summed E-state index contributed by atoms with van der Waals surface area (Å²) in [4.78, 5) is 16.5. The molecular formula is C24H25FN4O3. The van der Waals surface area contributed by atoms with Crippen LogP contribution in [0.1, 0.15) is 5.56 Å². The molecule has 0 radical (unpaired) electrons. The highest BCUT2D eigenvalue weighted by molar-refractivity contribution is 5.79. The molecule has 0 N–H and O–H groups in total. The summed E-state index contributed by atoms with van der Waals surface area (Å²) >= 11 is 0. The van der Waals surface area contributed by atoms with E-state index in [-0.39, 0.29) is 18.1 Å². The van der Waals surface area contributed by atoms with Gasteiger partial charge in [-0.15, -0.1) is 10.2 Å². The normalized spacial score (nSPS) is 13.7. The number of anilines is 1. The number of aromatic nitrogens is 2. The van der Waals surface area contributed by atoms with Crippen LogP contribution in [0.3, 0.4) is 0 Å². The quantitative estimate of drug-likeness (QED) is 0.591. The van der Waals surface area contributed by atoms with Crippen LogP contribution in [0.15, 0.2) is 54.6 Å². The lowest BCUT2D eigenvalue weighted by Gasteiger charge is -2.35. The second-order valence-electron chi connectivity index (χ2n) is 7.51. The van der Waals surface area contributed by atoms with E-state index >= 15 is 0 Å². The van der Waals surface area contributed by atoms with E-state index in [9.17, 15) is 9.18 Å². The second kappa shape index (κ2) is 9.64. The number of carbonyl (C=O) groups is 1. The van der Waals surface area contributed by atoms with Gasteiger partial charge in [-0.2, -0.15) is 0 Å². The highest BCUT2D eigenvalue weighted by Crippen LogP contribution is 2.32. The molecular weight excluding hydrogens is 411 g/mol. The molecule has 2 heterocycles. The average molecular weight is 436 g/mol. The molecule has 1 aliphatic rings. The Morgan fingerprint density at radius 1 is 0.938 bits per heavy atom. The van der Waals surface area contributed by atoms with Crippen LogP contribution in [0.5, 0.6) is 11.5 Å². The number of hydrogen-bond donors (Lipinski definition) is 0. The van der Waals surface area contributed by atoms with Gasteiger partial charge in [0.2, 0.25) is 5.91 Å². The Labute approximate surface area is 186 Å². The van der Waals surface area contributed by atoms with Crippen LogP contribution in [0.4, 0.5) is 10.2 Å². The molecule has 0 bridgehead atoms. The molecule has 1 aromatic heterocycles. The standard InChI is InChI=1S/C24H25FN4O3/c1-31-19-7-9-22(32-2)20(16-19)21-8-10-23(27-26-21)28-11-13-29(14-12-28)24(30)15-17-3-5-18(25)6-4-17/h3-10,16H,11-15H2,1-2H3. The van der Waals surface area contributed by atoms with Crippen LogP contribution in [-0.4, -0.2) is 61.4 Å². The number of benzene rings is 2. The van der Waals surface area contributed by atoms with Crippen LogP contribution < -0.4 is 14.4 Å². The molecule has 1 fully saturated rings. The minimum Gasteiger partial charge on any atom is -0.497 e. The van der Waals surface area contributed by atoms with Crippen LogP contribution in [0, 0.1) is 5.82 Å². The fraction of sp³-hybridized carbons (Fsp3) is 0.292. The van der Waals surface area contributed by atoms with Crippen LogP contribution in [0.25, 0.3) is 11.3 Å². The topological polar surface area (TPSA) is 67.8 Å². The number of hydrogen-bond acceptors (Lipinski definition) is 6. The minimum absolute atomic E-state index is 0.0443. The maximum atomic E-state index is 13.1. The third-order valence-electron chi connectivity index (χ3n) is 5.56. The molecule has 0 spiro atoms. The summed E-state index contributed by atoms with van der Waals surface area (Å²) in [5, 5.41) is 8.78. The zero-order chi connectivity index (χ0) is 22.5. The Morgan fingerprint density at radius 2 is 1.69 bits per heavy atom. The third kappa shape index (κ3) is 4.80. The van der Waals surface area contributed by atoms with Crippen molar-refractivity contribution in [2.75, 3.05) is 45.3 Å². The Bertz CT molecular complexity index is 1070. The minimum atomic E-state index is -0.299. The monoisotopic (exact) mass is 436 g/mol. The summed E-state index contributed by atoms with van der Waals surface area (Å²) in [6, 6.07) is 15.4. The lowest BCUT2D eigenvalue weighted by molar-refractivity contribution is -0.130. The predicted octanol–water partition coefficient (Wildman–Crippen LogP) is 3.19. The largest absolute Gasteiger partial charge is 0.497 e. The van der Waals surface area contributed by atoms with Crippen molar-refractivity contribution in [1.82, 2.24) is 15.1 Å². The molecule has 0 atom stereocenters. The van der Waals surface area contributed by atoms with Gasteiger partial charge in [0, 0.05) is 31.7 Å². The van der Waals surface area contributed by atoms with Gasteiger partial charge in [-0.05, 0) is 48.0 Å². The van der Waals surface area contributed by atoms with Crippen molar-refractivity contribution in [2.45, 2.75) is 6.42 Å². The number of carbonyl (C=O) groups excluding carboxylic acids is 1. The van der Waals surface area contributed by atoms with Crippen LogP contribution >= 0.6 is 0 Å². The summed E-state index contributed by atoms with van der Waals surface area (Å²) in [5.74, 6) is 1.92. The fourth-order valence-electron chi connectivity index (χ4n) is 3.73. The van der Waals surface area contributed by atoms with Crippen molar-refractivity contribution in [1.29, 1.82) is 0 Å². The molecule has 1 saturated heterocycles. The van der Waals surface area contributed by atoms with Gasteiger partial charge >= 0.3 is 0 Å². The number of rotatable bonds is 6. The van der Waals surface area contributed by atoms with Crippen molar-refractivity contribution in [3.05, 3.63) is 66.0 Å². The van der Waals surface area contributed by atoms with Gasteiger partial charge in [0.1, 0.15) is 17.3 Å². The molecule has 0 saturated carbocycles. The van der Waals surface area contributed by atoms with E-state index in [4.69, 9.17) is 9.47 Å². The molecule has 0 unspecified atom stereocenters. The van der Waals surface area contributed by atoms with Crippen LogP contribution in [0.2, 0.25) is 0 Å². The fourth-order valence-corrected chi connectivity index (χ4v) is 3.73. The summed E-state index contributed by atoms with van der Waals surface area (Å²) in [5.41, 5.74) is 2.31. The number of piperazine rings is 1. The molecule has 8 heteroatoms. The molecule has 3 aromatic rings. The SMILES string of the molecule is COc1ccc(OC)c(-c2ccc(N3CCN(C(=O)Cc4ccc(F)cc4)CC3)nn2)c1. The molecule has 32 heavy (non-hydrogen) atoms. The van der Waals surface area contributed by atoms with Gasteiger partial charge < -0.3 is 19.3 Å². The Balaban J connectivity index is 1.38. The van der Waals surface area contributed by atoms with Gasteiger partial charge in [0.25, 0.3) is 0 Å². The number of nitrogens with zero attached hydrogens (tertiary/aromatic N) is 4. The van der Waals surface area contributed by atoms with Crippen LogP contribution in [-0.2, 0) is 11.2 Å². The van der Waals surface area contributed by atoms with E-state index in [0.717, 1.165) is 16.9 Å². The van der Waals surface area contributed by atoms with E-state index in [0.29, 0.717) is 43.4 Å². The Morgan fingerprint density at radius 3 is 2.31 bits per heavy atom. The zero-order valence-corrected chi connectivity index (χ0v) is 18.1. The first-order valence-electron chi connectivity index (χ1n) is 10.4. The van der Waals surface area contributed by atoms with Crippen molar-refractivity contribution in [3.8, 4) is 22.8 Å². The van der Waals surface area contributed by atoms with Gasteiger partial charge in [-0.3, -0.25) is 4.79 Å². The third-order valence-corrected chi connectivity index (χ3v) is 5.56. The van der Waals surface area contributed by atoms with Crippen molar-refractivity contribution < 1.29 is 18.7 Å². The second-order valence-corrected chi connectivity index (χ2v) is 7.51. The predicted molar refractivity (Wildman–Crippen MR) is 119 cm³/mol. The lowest BCUT2D eigenvalue weighted by Crippen LogP contribution is -2.49. The van der Waals surface area contributed by atoms with Gasteiger partial charge in [0.15, 0.2) is 5.82 Å². The molecule has 1 aliphatic heterocycles. The first-order chi connectivity index (χ1) is 15.6. The van der Waals surface area contributed by atoms with Crippen molar-refractivity contribution in [3.63, 3.8) is 0 Å². The summed E-state index contributed by atoms with van der Waals surface area (Å²) < 4.78 is 23.8. The van der Waals surface area contributed by atoms with Crippen molar-refractivity contribution >= 4 is 11.7 Å². The Kier molecular flexibility index (Phi) is 6.49. The maximum Gasteiger partial charge on any atom is 0.227 e. The number of ether oxygens (including phenoxy) is 2. The molecule has 7 nitrogen and oxygen atoms in total. The number of halogens is 1. The summed E-state index contributed by atoms with van der Waals surface area (Å²) in [6.45, 7) is 2.55. The van der Waals surface area contributed by atoms with E-state index in [2.05, 4.69) is 15.1 Å². The summed E-state index contributed by atoms with van der Waals surface area (Å²) in [6.07, 6.45) is 0.275. The van der Waals surface area contributed by atoms with E-state index in [1.807, 2.05) is 35.2 Å². The molecule has 166 valence electrons. The van der Waals surface area contributed by atoms with Gasteiger partial charge in [0.05, 0.1) is 26.3 Å². The smallest absolute Gasteiger partial charge is 0.227 e. The van der Waals surface area contributed by atoms with Crippen molar-refractivity contribution in [2.24, 2.45) is 0 Å². The Hall–Kier alpha value is -3.68. The summed E-state index contributed by atoms with van der Waals surface area (Å²) in [7, 11) is 3.23. The zero-order valence-electron chi connectivity index (χ0n) is 18.1. The number of amides is 1. The highest BCUT2D eigenvalue weighted by Gasteiger charge is 2.22. The van der Waals surface area contributed by atoms with E-state index in [1.54, 1.807) is 26.4 Å². The molecule has 0 aliphatic carbocycles. The highest BCUT2D eigenvalue weighted by atomic mass is 19.1. The average Bonchev–Trinajstić information content (AvgIpc) is 2.85. The van der Waals surface area contributed by atoms with E-state index in [1.165, 1.54) is 12.1 Å². The molecule has 4 rings (SSSR count). The first-order valence-corrected chi connectivity index (χ1v) is 10.4. The maximum absolute atomic E-state index is 13.1. The van der Waals surface area contributed by atoms with E-state index < -0.39 is 0 Å². The molecule has 2 aromatic carbocycles. The number of methoxy groups -OCH3 is 2. The lowest BCUT2D eigenvalue weighted by atomic mass is 10.1. The first kappa shape index (κ1) is 21.5.